The largest absolute Gasteiger partial charge is 0.495 e. The molecule has 0 aliphatic carbocycles. The Hall–Kier alpha value is -3.21. The number of carbonyl (C=O) groups is 1. The van der Waals surface area contributed by atoms with Crippen LogP contribution in [0.3, 0.4) is 0 Å². The summed E-state index contributed by atoms with van der Waals surface area (Å²) < 4.78 is 5.48. The summed E-state index contributed by atoms with van der Waals surface area (Å²) in [6, 6.07) is 22.7. The van der Waals surface area contributed by atoms with Gasteiger partial charge in [-0.1, -0.05) is 42.5 Å². The molecule has 0 spiro atoms. The number of nitrogens with zero attached hydrogens (tertiary/aromatic N) is 3. The third kappa shape index (κ3) is 4.14. The molecule has 0 unspecified atom stereocenters. The van der Waals surface area contributed by atoms with Crippen molar-refractivity contribution in [1.82, 2.24) is 4.90 Å². The van der Waals surface area contributed by atoms with Gasteiger partial charge in [-0.2, -0.15) is 0 Å². The predicted octanol–water partition coefficient (Wildman–Crippen LogP) is 3.63. The Morgan fingerprint density at radius 1 is 0.931 bits per heavy atom. The fourth-order valence-corrected chi connectivity index (χ4v) is 3.90. The Morgan fingerprint density at radius 2 is 1.62 bits per heavy atom. The highest BCUT2D eigenvalue weighted by Crippen LogP contribution is 2.28. The van der Waals surface area contributed by atoms with E-state index in [4.69, 9.17) is 4.74 Å². The van der Waals surface area contributed by atoms with Crippen molar-refractivity contribution < 1.29 is 9.53 Å². The Morgan fingerprint density at radius 3 is 2.38 bits per heavy atom. The van der Waals surface area contributed by atoms with Crippen LogP contribution in [0, 0.1) is 0 Å². The van der Waals surface area contributed by atoms with Crippen molar-refractivity contribution in [3.05, 3.63) is 66.7 Å². The van der Waals surface area contributed by atoms with Gasteiger partial charge in [0.2, 0.25) is 5.91 Å². The molecule has 0 bridgehead atoms. The molecule has 0 N–H and O–H groups in total. The first-order valence-corrected chi connectivity index (χ1v) is 10.0. The highest BCUT2D eigenvalue weighted by atomic mass is 16.5. The van der Waals surface area contributed by atoms with E-state index in [9.17, 15) is 4.79 Å². The summed E-state index contributed by atoms with van der Waals surface area (Å²) in [6.45, 7) is 3.45. The topological polar surface area (TPSA) is 36.0 Å². The van der Waals surface area contributed by atoms with E-state index >= 15 is 0 Å². The Kier molecular flexibility index (Phi) is 5.56. The fraction of sp³-hybridized carbons (Fsp3) is 0.292. The summed E-state index contributed by atoms with van der Waals surface area (Å²) in [7, 11) is 3.67. The zero-order valence-corrected chi connectivity index (χ0v) is 17.0. The fourth-order valence-electron chi connectivity index (χ4n) is 3.90. The zero-order valence-electron chi connectivity index (χ0n) is 17.0. The van der Waals surface area contributed by atoms with Crippen molar-refractivity contribution >= 4 is 28.1 Å². The molecule has 3 aromatic rings. The number of amides is 1. The summed E-state index contributed by atoms with van der Waals surface area (Å²) in [4.78, 5) is 19.1. The third-order valence-corrected chi connectivity index (χ3v) is 5.60. The molecule has 5 nitrogen and oxygen atoms in total. The predicted molar refractivity (Wildman–Crippen MR) is 119 cm³/mol. The number of piperazine rings is 1. The van der Waals surface area contributed by atoms with Gasteiger partial charge in [0, 0.05) is 38.9 Å². The van der Waals surface area contributed by atoms with Gasteiger partial charge in [-0.3, -0.25) is 4.79 Å². The summed E-state index contributed by atoms with van der Waals surface area (Å²) in [6.07, 6.45) is 0. The summed E-state index contributed by atoms with van der Waals surface area (Å²) in [5, 5.41) is 2.40. The summed E-state index contributed by atoms with van der Waals surface area (Å²) >= 11 is 0. The molecule has 1 aliphatic rings. The second kappa shape index (κ2) is 8.43. The van der Waals surface area contributed by atoms with Crippen LogP contribution < -0.4 is 14.5 Å². The second-order valence-corrected chi connectivity index (χ2v) is 7.43. The lowest BCUT2D eigenvalue weighted by Crippen LogP contribution is -2.51. The van der Waals surface area contributed by atoms with Crippen molar-refractivity contribution in [2.75, 3.05) is 56.7 Å². The van der Waals surface area contributed by atoms with Gasteiger partial charge in [-0.25, -0.2) is 0 Å². The van der Waals surface area contributed by atoms with Gasteiger partial charge in [-0.05, 0) is 35.0 Å². The SMILES string of the molecule is COc1ccccc1N1CCN(C(=O)CN(C)c2ccc3ccccc3c2)CC1. The highest BCUT2D eigenvalue weighted by Gasteiger charge is 2.23. The molecular formula is C24H27N3O2. The summed E-state index contributed by atoms with van der Waals surface area (Å²) in [5.74, 6) is 1.05. The number of anilines is 2. The maximum Gasteiger partial charge on any atom is 0.242 e. The van der Waals surface area contributed by atoms with E-state index < -0.39 is 0 Å². The minimum atomic E-state index is 0.167. The van der Waals surface area contributed by atoms with Gasteiger partial charge < -0.3 is 19.4 Å². The lowest BCUT2D eigenvalue weighted by Gasteiger charge is -2.37. The van der Waals surface area contributed by atoms with Crippen LogP contribution in [-0.2, 0) is 4.79 Å². The molecule has 1 heterocycles. The second-order valence-electron chi connectivity index (χ2n) is 7.43. The van der Waals surface area contributed by atoms with Crippen molar-refractivity contribution in [2.45, 2.75) is 0 Å². The quantitative estimate of drug-likeness (QED) is 0.668. The number of methoxy groups -OCH3 is 1. The van der Waals surface area contributed by atoms with Gasteiger partial charge >= 0.3 is 0 Å². The lowest BCUT2D eigenvalue weighted by molar-refractivity contribution is -0.129. The van der Waals surface area contributed by atoms with Crippen molar-refractivity contribution in [3.8, 4) is 5.75 Å². The molecule has 0 radical (unpaired) electrons. The van der Waals surface area contributed by atoms with Crippen LogP contribution in [0.15, 0.2) is 66.7 Å². The molecule has 3 aromatic carbocycles. The van der Waals surface area contributed by atoms with E-state index in [2.05, 4.69) is 41.3 Å². The standard InChI is InChI=1S/C24H27N3O2/c1-25(21-12-11-19-7-3-4-8-20(19)17-21)18-24(28)27-15-13-26(14-16-27)22-9-5-6-10-23(22)29-2/h3-12,17H,13-16,18H2,1-2H3. The first-order valence-electron chi connectivity index (χ1n) is 10.0. The van der Waals surface area contributed by atoms with Crippen LogP contribution in [0.4, 0.5) is 11.4 Å². The van der Waals surface area contributed by atoms with E-state index in [1.807, 2.05) is 47.2 Å². The maximum absolute atomic E-state index is 12.9. The molecule has 4 rings (SSSR count). The molecule has 29 heavy (non-hydrogen) atoms. The number of fused-ring (bicyclic) bond motifs is 1. The molecule has 5 heteroatoms. The average Bonchev–Trinajstić information content (AvgIpc) is 2.78. The van der Waals surface area contributed by atoms with Crippen LogP contribution in [0.1, 0.15) is 0 Å². The molecule has 0 atom stereocenters. The molecule has 150 valence electrons. The first-order chi connectivity index (χ1) is 14.2. The van der Waals surface area contributed by atoms with Crippen LogP contribution in [0.5, 0.6) is 5.75 Å². The monoisotopic (exact) mass is 389 g/mol. The highest BCUT2D eigenvalue weighted by molar-refractivity contribution is 5.87. The van der Waals surface area contributed by atoms with E-state index in [1.165, 1.54) is 10.8 Å². The molecule has 1 saturated heterocycles. The van der Waals surface area contributed by atoms with Gasteiger partial charge in [0.1, 0.15) is 5.75 Å². The zero-order chi connectivity index (χ0) is 20.2. The summed E-state index contributed by atoms with van der Waals surface area (Å²) in [5.41, 5.74) is 2.15. The average molecular weight is 389 g/mol. The number of rotatable bonds is 5. The number of likely N-dealkylation sites (N-methyl/N-ethyl adjacent to an activating group) is 1. The third-order valence-electron chi connectivity index (χ3n) is 5.60. The molecule has 1 aliphatic heterocycles. The lowest BCUT2D eigenvalue weighted by atomic mass is 10.1. The minimum Gasteiger partial charge on any atom is -0.495 e. The van der Waals surface area contributed by atoms with Gasteiger partial charge in [-0.15, -0.1) is 0 Å². The molecule has 0 aromatic heterocycles. The number of ether oxygens (including phenoxy) is 1. The smallest absolute Gasteiger partial charge is 0.242 e. The van der Waals surface area contributed by atoms with Gasteiger partial charge in [0.15, 0.2) is 0 Å². The molecule has 1 amide bonds. The van der Waals surface area contributed by atoms with E-state index in [0.717, 1.165) is 43.3 Å². The van der Waals surface area contributed by atoms with Gasteiger partial charge in [0.25, 0.3) is 0 Å². The van der Waals surface area contributed by atoms with Crippen LogP contribution in [0.25, 0.3) is 10.8 Å². The Labute approximate surface area is 172 Å². The number of para-hydroxylation sites is 2. The van der Waals surface area contributed by atoms with Crippen LogP contribution >= 0.6 is 0 Å². The molecule has 0 saturated carbocycles. The van der Waals surface area contributed by atoms with Crippen LogP contribution in [-0.4, -0.2) is 57.7 Å². The number of benzene rings is 3. The number of carbonyl (C=O) groups excluding carboxylic acids is 1. The van der Waals surface area contributed by atoms with Gasteiger partial charge in [0.05, 0.1) is 19.3 Å². The van der Waals surface area contributed by atoms with Crippen molar-refractivity contribution in [3.63, 3.8) is 0 Å². The Bertz CT molecular complexity index is 996. The van der Waals surface area contributed by atoms with Crippen molar-refractivity contribution in [2.24, 2.45) is 0 Å². The van der Waals surface area contributed by atoms with Crippen LogP contribution in [0.2, 0.25) is 0 Å². The minimum absolute atomic E-state index is 0.167. The molecular weight excluding hydrogens is 362 g/mol. The van der Waals surface area contributed by atoms with E-state index in [1.54, 1.807) is 7.11 Å². The van der Waals surface area contributed by atoms with Crippen molar-refractivity contribution in [1.29, 1.82) is 0 Å². The normalized spacial score (nSPS) is 14.1. The number of hydrogen-bond donors (Lipinski definition) is 0. The maximum atomic E-state index is 12.9. The molecule has 1 fully saturated rings. The van der Waals surface area contributed by atoms with E-state index in [0.29, 0.717) is 6.54 Å². The first kappa shape index (κ1) is 19.1. The van der Waals surface area contributed by atoms with E-state index in [-0.39, 0.29) is 5.91 Å². The number of hydrogen-bond acceptors (Lipinski definition) is 4. The Balaban J connectivity index is 1.36.